The molecule has 1 heterocycles. The molecule has 1 saturated carbocycles. The Labute approximate surface area is 135 Å². The number of nitrogens with zero attached hydrogens (tertiary/aromatic N) is 2. The van der Waals surface area contributed by atoms with Gasteiger partial charge in [0.05, 0.1) is 24.5 Å². The van der Waals surface area contributed by atoms with E-state index in [4.69, 9.17) is 4.74 Å². The molecule has 0 bridgehead atoms. The zero-order valence-electron chi connectivity index (χ0n) is 14.1. The first-order valence-corrected chi connectivity index (χ1v) is 7.88. The first-order valence-electron chi connectivity index (χ1n) is 7.88. The maximum Gasteiger partial charge on any atom is 0.407 e. The lowest BCUT2D eigenvalue weighted by Gasteiger charge is -2.35. The quantitative estimate of drug-likeness (QED) is 0.861. The molecule has 2 rings (SSSR count). The third-order valence-electron chi connectivity index (χ3n) is 3.82. The maximum absolute atomic E-state index is 12.2. The summed E-state index contributed by atoms with van der Waals surface area (Å²) in [5.74, 6) is 0. The number of carbonyl (C=O) groups is 1. The van der Waals surface area contributed by atoms with Crippen LogP contribution in [0.5, 0.6) is 0 Å². The second kappa shape index (κ2) is 6.70. The molecule has 1 amide bonds. The van der Waals surface area contributed by atoms with E-state index < -0.39 is 17.8 Å². The molecule has 0 radical (unpaired) electrons. The van der Waals surface area contributed by atoms with Crippen LogP contribution in [0.3, 0.4) is 0 Å². The lowest BCUT2D eigenvalue weighted by molar-refractivity contribution is 0.0393. The molecule has 1 aromatic heterocycles. The first kappa shape index (κ1) is 17.5. The average Bonchev–Trinajstić information content (AvgIpc) is 2.39. The zero-order chi connectivity index (χ0) is 17.2. The van der Waals surface area contributed by atoms with E-state index in [1.807, 2.05) is 0 Å². The SMILES string of the molecule is Cc1cc(=O)n(C2CC(O)CCC2NC(=O)OC(C)(C)C)cn1. The highest BCUT2D eigenvalue weighted by atomic mass is 16.6. The van der Waals surface area contributed by atoms with E-state index in [1.165, 1.54) is 17.0 Å². The van der Waals surface area contributed by atoms with Gasteiger partial charge in [0.2, 0.25) is 0 Å². The van der Waals surface area contributed by atoms with Crippen molar-refractivity contribution in [2.24, 2.45) is 0 Å². The molecule has 2 N–H and O–H groups in total. The summed E-state index contributed by atoms with van der Waals surface area (Å²) in [5.41, 5.74) is -0.137. The molecule has 0 aliphatic heterocycles. The van der Waals surface area contributed by atoms with Crippen LogP contribution in [0.2, 0.25) is 0 Å². The zero-order valence-corrected chi connectivity index (χ0v) is 14.1. The van der Waals surface area contributed by atoms with Crippen LogP contribution in [0.25, 0.3) is 0 Å². The van der Waals surface area contributed by atoms with E-state index in [1.54, 1.807) is 27.7 Å². The monoisotopic (exact) mass is 323 g/mol. The van der Waals surface area contributed by atoms with E-state index in [-0.39, 0.29) is 17.6 Å². The lowest BCUT2D eigenvalue weighted by atomic mass is 9.88. The molecule has 3 atom stereocenters. The summed E-state index contributed by atoms with van der Waals surface area (Å²) in [7, 11) is 0. The van der Waals surface area contributed by atoms with Crippen LogP contribution in [-0.2, 0) is 4.74 Å². The number of nitrogens with one attached hydrogen (secondary N) is 1. The van der Waals surface area contributed by atoms with Gasteiger partial charge in [-0.2, -0.15) is 0 Å². The van der Waals surface area contributed by atoms with E-state index in [0.717, 1.165) is 0 Å². The first-order chi connectivity index (χ1) is 10.7. The average molecular weight is 323 g/mol. The van der Waals surface area contributed by atoms with E-state index in [9.17, 15) is 14.7 Å². The van der Waals surface area contributed by atoms with Crippen LogP contribution in [0.15, 0.2) is 17.2 Å². The van der Waals surface area contributed by atoms with E-state index in [0.29, 0.717) is 25.0 Å². The van der Waals surface area contributed by atoms with Gasteiger partial charge in [-0.15, -0.1) is 0 Å². The molecule has 1 fully saturated rings. The van der Waals surface area contributed by atoms with Crippen molar-refractivity contribution in [1.82, 2.24) is 14.9 Å². The number of ether oxygens (including phenoxy) is 1. The van der Waals surface area contributed by atoms with E-state index >= 15 is 0 Å². The molecule has 0 spiro atoms. The van der Waals surface area contributed by atoms with Crippen LogP contribution < -0.4 is 10.9 Å². The van der Waals surface area contributed by atoms with Crippen molar-refractivity contribution in [3.8, 4) is 0 Å². The molecule has 7 heteroatoms. The number of alkyl carbamates (subject to hydrolysis) is 1. The molecule has 3 unspecified atom stereocenters. The largest absolute Gasteiger partial charge is 0.444 e. The fourth-order valence-corrected chi connectivity index (χ4v) is 2.81. The second-order valence-electron chi connectivity index (χ2n) is 7.06. The molecular formula is C16H25N3O4. The van der Waals surface area contributed by atoms with Gasteiger partial charge in [-0.3, -0.25) is 9.36 Å². The van der Waals surface area contributed by atoms with Crippen molar-refractivity contribution < 1.29 is 14.6 Å². The highest BCUT2D eigenvalue weighted by Crippen LogP contribution is 2.28. The van der Waals surface area contributed by atoms with Crippen molar-refractivity contribution >= 4 is 6.09 Å². The Kier molecular flexibility index (Phi) is 5.09. The summed E-state index contributed by atoms with van der Waals surface area (Å²) in [4.78, 5) is 28.4. The summed E-state index contributed by atoms with van der Waals surface area (Å²) in [6.07, 6.45) is 2.01. The number of aliphatic hydroxyl groups excluding tert-OH is 1. The van der Waals surface area contributed by atoms with Crippen LogP contribution in [0, 0.1) is 6.92 Å². The Bertz CT molecular complexity index is 620. The summed E-state index contributed by atoms with van der Waals surface area (Å²) < 4.78 is 6.77. The highest BCUT2D eigenvalue weighted by molar-refractivity contribution is 5.68. The number of hydrogen-bond acceptors (Lipinski definition) is 5. The highest BCUT2D eigenvalue weighted by Gasteiger charge is 2.33. The molecule has 1 aromatic rings. The number of aryl methyl sites for hydroxylation is 1. The Balaban J connectivity index is 2.19. The third-order valence-corrected chi connectivity index (χ3v) is 3.82. The van der Waals surface area contributed by atoms with Crippen LogP contribution >= 0.6 is 0 Å². The van der Waals surface area contributed by atoms with Crippen molar-refractivity contribution in [1.29, 1.82) is 0 Å². The Hall–Kier alpha value is -1.89. The lowest BCUT2D eigenvalue weighted by Crippen LogP contribution is -2.49. The van der Waals surface area contributed by atoms with Gasteiger partial charge in [-0.25, -0.2) is 9.78 Å². The van der Waals surface area contributed by atoms with E-state index in [2.05, 4.69) is 10.3 Å². The van der Waals surface area contributed by atoms with Crippen LogP contribution in [0.1, 0.15) is 51.8 Å². The Morgan fingerprint density at radius 1 is 1.43 bits per heavy atom. The van der Waals surface area contributed by atoms with Gasteiger partial charge in [0, 0.05) is 11.8 Å². The van der Waals surface area contributed by atoms with Gasteiger partial charge in [0.15, 0.2) is 0 Å². The predicted octanol–water partition coefficient (Wildman–Crippen LogP) is 1.53. The minimum absolute atomic E-state index is 0.187. The van der Waals surface area contributed by atoms with Crippen LogP contribution in [0.4, 0.5) is 4.79 Å². The minimum atomic E-state index is -0.587. The maximum atomic E-state index is 12.2. The molecule has 0 aromatic carbocycles. The van der Waals surface area contributed by atoms with Crippen molar-refractivity contribution in [2.75, 3.05) is 0 Å². The second-order valence-corrected chi connectivity index (χ2v) is 7.06. The van der Waals surface area contributed by atoms with Gasteiger partial charge in [0.25, 0.3) is 5.56 Å². The topological polar surface area (TPSA) is 93.5 Å². The number of aromatic nitrogens is 2. The minimum Gasteiger partial charge on any atom is -0.444 e. The summed E-state index contributed by atoms with van der Waals surface area (Å²) in [5, 5.41) is 12.8. The summed E-state index contributed by atoms with van der Waals surface area (Å²) in [6.45, 7) is 7.13. The van der Waals surface area contributed by atoms with Crippen molar-refractivity contribution in [2.45, 2.75) is 70.7 Å². The van der Waals surface area contributed by atoms with Crippen molar-refractivity contribution in [3.63, 3.8) is 0 Å². The van der Waals surface area contributed by atoms with Gasteiger partial charge >= 0.3 is 6.09 Å². The Morgan fingerprint density at radius 2 is 2.13 bits per heavy atom. The summed E-state index contributed by atoms with van der Waals surface area (Å²) in [6, 6.07) is 0.827. The fourth-order valence-electron chi connectivity index (χ4n) is 2.81. The molecule has 1 aliphatic rings. The molecule has 128 valence electrons. The van der Waals surface area contributed by atoms with Gasteiger partial charge in [0.1, 0.15) is 5.60 Å². The normalized spacial score (nSPS) is 25.0. The third kappa shape index (κ3) is 4.79. The summed E-state index contributed by atoms with van der Waals surface area (Å²) >= 11 is 0. The number of aliphatic hydroxyl groups is 1. The molecule has 1 aliphatic carbocycles. The number of hydrogen-bond donors (Lipinski definition) is 2. The number of rotatable bonds is 2. The van der Waals surface area contributed by atoms with Gasteiger partial charge in [-0.1, -0.05) is 0 Å². The smallest absolute Gasteiger partial charge is 0.407 e. The molecule has 23 heavy (non-hydrogen) atoms. The molecule has 0 saturated heterocycles. The number of amides is 1. The fraction of sp³-hybridized carbons (Fsp3) is 0.688. The Morgan fingerprint density at radius 3 is 2.74 bits per heavy atom. The van der Waals surface area contributed by atoms with Crippen LogP contribution in [-0.4, -0.2) is 38.5 Å². The van der Waals surface area contributed by atoms with Crippen molar-refractivity contribution in [3.05, 3.63) is 28.4 Å². The molecule has 7 nitrogen and oxygen atoms in total. The standard InChI is InChI=1S/C16H25N3O4/c1-10-7-14(21)19(9-17-10)13-8-11(20)5-6-12(13)18-15(22)23-16(2,3)4/h7,9,11-13,20H,5-6,8H2,1-4H3,(H,18,22). The number of carbonyl (C=O) groups excluding carboxylic acids is 1. The molecular weight excluding hydrogens is 298 g/mol. The van der Waals surface area contributed by atoms with Gasteiger partial charge < -0.3 is 15.2 Å². The predicted molar refractivity (Wildman–Crippen MR) is 85.3 cm³/mol. The van der Waals surface area contributed by atoms with Gasteiger partial charge in [-0.05, 0) is 47.0 Å².